The van der Waals surface area contributed by atoms with Crippen LogP contribution in [0.5, 0.6) is 5.75 Å². The molecule has 4 rings (SSSR count). The van der Waals surface area contributed by atoms with Crippen LogP contribution in [0.15, 0.2) is 91.0 Å². The zero-order valence-corrected chi connectivity index (χ0v) is 17.6. The molecule has 6 heteroatoms. The first-order valence-corrected chi connectivity index (χ1v) is 10.7. The number of amides is 1. The standard InChI is InChI=1S/C25H21N3O2S/c29-23(16-13-19-11-14-21(15-12-19)20-7-3-1-4-8-20)26-25-28-27-24(31-25)17-18-30-22-9-5-2-6-10-22/h1-16H,17-18H2,(H,26,28,29)/b16-13+. The normalized spacial score (nSPS) is 10.8. The summed E-state index contributed by atoms with van der Waals surface area (Å²) in [7, 11) is 0. The summed E-state index contributed by atoms with van der Waals surface area (Å²) in [6.45, 7) is 0.505. The number of hydrogen-bond donors (Lipinski definition) is 1. The molecule has 4 aromatic rings. The van der Waals surface area contributed by atoms with Crippen molar-refractivity contribution in [3.8, 4) is 16.9 Å². The highest BCUT2D eigenvalue weighted by molar-refractivity contribution is 7.15. The molecule has 1 N–H and O–H groups in total. The molecule has 1 heterocycles. The zero-order chi connectivity index (χ0) is 21.3. The minimum atomic E-state index is -0.240. The number of hydrogen-bond acceptors (Lipinski definition) is 5. The maximum Gasteiger partial charge on any atom is 0.250 e. The summed E-state index contributed by atoms with van der Waals surface area (Å²) < 4.78 is 5.66. The van der Waals surface area contributed by atoms with Crippen LogP contribution in [0.3, 0.4) is 0 Å². The van der Waals surface area contributed by atoms with Gasteiger partial charge in [-0.1, -0.05) is 84.1 Å². The summed E-state index contributed by atoms with van der Waals surface area (Å²) in [6.07, 6.45) is 3.91. The third kappa shape index (κ3) is 6.10. The number of para-hydroxylation sites is 1. The van der Waals surface area contributed by atoms with Crippen molar-refractivity contribution in [3.05, 3.63) is 102 Å². The predicted octanol–water partition coefficient (Wildman–Crippen LogP) is 5.48. The van der Waals surface area contributed by atoms with Gasteiger partial charge in [0.15, 0.2) is 0 Å². The zero-order valence-electron chi connectivity index (χ0n) is 16.8. The molecule has 0 unspecified atom stereocenters. The Bertz CT molecular complexity index is 1140. The van der Waals surface area contributed by atoms with E-state index in [2.05, 4.69) is 27.6 Å². The topological polar surface area (TPSA) is 64.1 Å². The van der Waals surface area contributed by atoms with Gasteiger partial charge in [0, 0.05) is 12.5 Å². The van der Waals surface area contributed by atoms with E-state index in [0.717, 1.165) is 27.4 Å². The number of nitrogens with one attached hydrogen (secondary N) is 1. The number of rotatable bonds is 8. The summed E-state index contributed by atoms with van der Waals surface area (Å²) in [5.74, 6) is 0.581. The van der Waals surface area contributed by atoms with E-state index in [1.165, 1.54) is 17.4 Å². The minimum absolute atomic E-state index is 0.240. The number of aromatic nitrogens is 2. The van der Waals surface area contributed by atoms with Crippen LogP contribution in [-0.2, 0) is 11.2 Å². The van der Waals surface area contributed by atoms with Gasteiger partial charge in [-0.2, -0.15) is 0 Å². The third-order valence-electron chi connectivity index (χ3n) is 4.47. The lowest BCUT2D eigenvalue weighted by Crippen LogP contribution is -2.07. The summed E-state index contributed by atoms with van der Waals surface area (Å²) in [6, 6.07) is 27.9. The van der Waals surface area contributed by atoms with Gasteiger partial charge in [-0.15, -0.1) is 10.2 Å². The molecule has 0 saturated carbocycles. The first-order chi connectivity index (χ1) is 15.3. The van der Waals surface area contributed by atoms with E-state index in [1.807, 2.05) is 72.8 Å². The fraction of sp³-hybridized carbons (Fsp3) is 0.0800. The second-order valence-electron chi connectivity index (χ2n) is 6.72. The smallest absolute Gasteiger partial charge is 0.250 e. The van der Waals surface area contributed by atoms with Crippen LogP contribution in [0.1, 0.15) is 10.6 Å². The molecule has 0 radical (unpaired) electrons. The lowest BCUT2D eigenvalue weighted by Gasteiger charge is -2.03. The van der Waals surface area contributed by atoms with Crippen molar-refractivity contribution in [1.29, 1.82) is 0 Å². The van der Waals surface area contributed by atoms with Gasteiger partial charge in [-0.3, -0.25) is 10.1 Å². The molecule has 0 aliphatic heterocycles. The van der Waals surface area contributed by atoms with Crippen LogP contribution in [0, 0.1) is 0 Å². The Hall–Kier alpha value is -3.77. The van der Waals surface area contributed by atoms with E-state index < -0.39 is 0 Å². The average molecular weight is 428 g/mol. The number of carbonyl (C=O) groups is 1. The Balaban J connectivity index is 1.26. The fourth-order valence-corrected chi connectivity index (χ4v) is 3.64. The monoisotopic (exact) mass is 427 g/mol. The largest absolute Gasteiger partial charge is 0.493 e. The molecule has 0 bridgehead atoms. The number of benzene rings is 3. The lowest BCUT2D eigenvalue weighted by atomic mass is 10.0. The second-order valence-corrected chi connectivity index (χ2v) is 7.79. The highest BCUT2D eigenvalue weighted by atomic mass is 32.1. The first kappa shape index (κ1) is 20.5. The van der Waals surface area contributed by atoms with Crippen molar-refractivity contribution < 1.29 is 9.53 Å². The van der Waals surface area contributed by atoms with Crippen LogP contribution < -0.4 is 10.1 Å². The van der Waals surface area contributed by atoms with Gasteiger partial charge in [0.25, 0.3) is 0 Å². The van der Waals surface area contributed by atoms with E-state index in [9.17, 15) is 4.79 Å². The van der Waals surface area contributed by atoms with Crippen LogP contribution in [0.2, 0.25) is 0 Å². The molecule has 31 heavy (non-hydrogen) atoms. The first-order valence-electron chi connectivity index (χ1n) is 9.91. The molecular formula is C25H21N3O2S. The van der Waals surface area contributed by atoms with Crippen LogP contribution in [-0.4, -0.2) is 22.7 Å². The summed E-state index contributed by atoms with van der Waals surface area (Å²) in [5.41, 5.74) is 3.25. The van der Waals surface area contributed by atoms with Crippen LogP contribution in [0.4, 0.5) is 5.13 Å². The van der Waals surface area contributed by atoms with Gasteiger partial charge in [-0.05, 0) is 34.9 Å². The van der Waals surface area contributed by atoms with Gasteiger partial charge in [-0.25, -0.2) is 0 Å². The van der Waals surface area contributed by atoms with Gasteiger partial charge < -0.3 is 4.74 Å². The van der Waals surface area contributed by atoms with E-state index in [0.29, 0.717) is 18.2 Å². The highest BCUT2D eigenvalue weighted by Crippen LogP contribution is 2.20. The number of nitrogens with zero attached hydrogens (tertiary/aromatic N) is 2. The molecule has 3 aromatic carbocycles. The fourth-order valence-electron chi connectivity index (χ4n) is 2.91. The summed E-state index contributed by atoms with van der Waals surface area (Å²) in [4.78, 5) is 12.2. The number of anilines is 1. The second kappa shape index (κ2) is 10.3. The van der Waals surface area contributed by atoms with Gasteiger partial charge in [0.2, 0.25) is 11.0 Å². The van der Waals surface area contributed by atoms with Crippen molar-refractivity contribution in [2.24, 2.45) is 0 Å². The Labute approximate surface area is 185 Å². The Morgan fingerprint density at radius 2 is 1.55 bits per heavy atom. The van der Waals surface area contributed by atoms with Crippen LogP contribution in [0.25, 0.3) is 17.2 Å². The molecule has 0 spiro atoms. The predicted molar refractivity (Wildman–Crippen MR) is 125 cm³/mol. The molecule has 1 aromatic heterocycles. The Morgan fingerprint density at radius 1 is 0.871 bits per heavy atom. The van der Waals surface area contributed by atoms with Crippen molar-refractivity contribution in [1.82, 2.24) is 10.2 Å². The quantitative estimate of drug-likeness (QED) is 0.378. The summed E-state index contributed by atoms with van der Waals surface area (Å²) >= 11 is 1.35. The van der Waals surface area contributed by atoms with E-state index >= 15 is 0 Å². The molecular weight excluding hydrogens is 406 g/mol. The minimum Gasteiger partial charge on any atom is -0.493 e. The maximum atomic E-state index is 12.2. The van der Waals surface area contributed by atoms with Gasteiger partial charge in [0.05, 0.1) is 6.61 Å². The molecule has 0 atom stereocenters. The van der Waals surface area contributed by atoms with E-state index in [1.54, 1.807) is 6.08 Å². The molecule has 154 valence electrons. The molecule has 0 fully saturated rings. The SMILES string of the molecule is O=C(/C=C/c1ccc(-c2ccccc2)cc1)Nc1nnc(CCOc2ccccc2)s1. The average Bonchev–Trinajstić information content (AvgIpc) is 3.26. The molecule has 1 amide bonds. The van der Waals surface area contributed by atoms with Crippen molar-refractivity contribution in [2.75, 3.05) is 11.9 Å². The van der Waals surface area contributed by atoms with Crippen LogP contribution >= 0.6 is 11.3 Å². The highest BCUT2D eigenvalue weighted by Gasteiger charge is 2.07. The maximum absolute atomic E-state index is 12.2. The molecule has 5 nitrogen and oxygen atoms in total. The van der Waals surface area contributed by atoms with Gasteiger partial charge in [0.1, 0.15) is 10.8 Å². The molecule has 0 saturated heterocycles. The molecule has 0 aliphatic rings. The van der Waals surface area contributed by atoms with Gasteiger partial charge >= 0.3 is 0 Å². The van der Waals surface area contributed by atoms with Crippen molar-refractivity contribution in [3.63, 3.8) is 0 Å². The Kier molecular flexibility index (Phi) is 6.82. The third-order valence-corrected chi connectivity index (χ3v) is 5.37. The Morgan fingerprint density at radius 3 is 2.29 bits per heavy atom. The van der Waals surface area contributed by atoms with E-state index in [-0.39, 0.29) is 5.91 Å². The van der Waals surface area contributed by atoms with E-state index in [4.69, 9.17) is 4.74 Å². The van der Waals surface area contributed by atoms with Crippen molar-refractivity contribution >= 4 is 28.5 Å². The van der Waals surface area contributed by atoms with Crippen molar-refractivity contribution in [2.45, 2.75) is 6.42 Å². The lowest BCUT2D eigenvalue weighted by molar-refractivity contribution is -0.111. The number of carbonyl (C=O) groups excluding carboxylic acids is 1. The summed E-state index contributed by atoms with van der Waals surface area (Å²) in [5, 5.41) is 12.2. The number of ether oxygens (including phenoxy) is 1. The molecule has 0 aliphatic carbocycles.